The lowest BCUT2D eigenvalue weighted by Crippen LogP contribution is -2.38. The van der Waals surface area contributed by atoms with Gasteiger partial charge in [-0.3, -0.25) is 4.79 Å². The molecule has 0 amide bonds. The van der Waals surface area contributed by atoms with E-state index < -0.39 is 11.4 Å². The molecule has 1 aliphatic heterocycles. The van der Waals surface area contributed by atoms with Gasteiger partial charge in [-0.05, 0) is 64.1 Å². The number of hydrogen-bond donors (Lipinski definition) is 2. The smallest absolute Gasteiger partial charge is 0.315 e. The molecular weight excluding hydrogens is 526 g/mol. The molecule has 1 saturated heterocycles. The summed E-state index contributed by atoms with van der Waals surface area (Å²) in [5.41, 5.74) is 5.22. The molecule has 0 spiro atoms. The molecular formula is C34H43N5O3. The number of aryl methyl sites for hydroxylation is 2. The Hall–Kier alpha value is -3.75. The van der Waals surface area contributed by atoms with Gasteiger partial charge < -0.3 is 20.1 Å². The van der Waals surface area contributed by atoms with Crippen LogP contribution in [0.2, 0.25) is 0 Å². The van der Waals surface area contributed by atoms with E-state index in [0.29, 0.717) is 11.3 Å². The number of likely N-dealkylation sites (tertiary alicyclic amines) is 1. The third-order valence-electron chi connectivity index (χ3n) is 8.40. The van der Waals surface area contributed by atoms with Crippen molar-refractivity contribution < 1.29 is 14.6 Å². The fourth-order valence-electron chi connectivity index (χ4n) is 5.82. The van der Waals surface area contributed by atoms with Crippen molar-refractivity contribution in [3.05, 3.63) is 94.9 Å². The maximum absolute atomic E-state index is 11.8. The number of aliphatic carboxylic acids is 1. The van der Waals surface area contributed by atoms with Gasteiger partial charge in [-0.15, -0.1) is 0 Å². The quantitative estimate of drug-likeness (QED) is 0.201. The summed E-state index contributed by atoms with van der Waals surface area (Å²) in [5, 5.41) is 18.1. The van der Waals surface area contributed by atoms with Crippen molar-refractivity contribution in [1.82, 2.24) is 19.5 Å². The van der Waals surface area contributed by atoms with Gasteiger partial charge in [0.05, 0.1) is 28.9 Å². The zero-order valence-electron chi connectivity index (χ0n) is 25.2. The van der Waals surface area contributed by atoms with Crippen LogP contribution in [0.4, 0.5) is 5.69 Å². The second-order valence-corrected chi connectivity index (χ2v) is 11.8. The molecule has 8 heteroatoms. The standard InChI is InChI=1S/C34H43N5O3/c1-5-28-29(23-30-36-32(24(2)39(30)37-28)34(3,4)33(40)41)35-19-12-20-38-21-17-27(18-22-38)42-31(25-13-8-6-9-14-25)26-15-10-7-11-16-26/h6-11,13-16,23,27,31,35H,5,12,17-22H2,1-4H3,(H,40,41). The number of imidazole rings is 1. The number of ether oxygens (including phenoxy) is 1. The maximum atomic E-state index is 11.8. The molecule has 0 radical (unpaired) electrons. The van der Waals surface area contributed by atoms with E-state index in [1.165, 1.54) is 11.1 Å². The molecule has 1 aliphatic rings. The van der Waals surface area contributed by atoms with E-state index in [9.17, 15) is 9.90 Å². The summed E-state index contributed by atoms with van der Waals surface area (Å²) >= 11 is 0. The lowest BCUT2D eigenvalue weighted by molar-refractivity contribution is -0.142. The van der Waals surface area contributed by atoms with Crippen molar-refractivity contribution in [3.8, 4) is 0 Å². The molecule has 4 aromatic rings. The number of nitrogens with one attached hydrogen (secondary N) is 1. The highest BCUT2D eigenvalue weighted by molar-refractivity contribution is 5.80. The second-order valence-electron chi connectivity index (χ2n) is 11.8. The number of nitrogens with zero attached hydrogens (tertiary/aromatic N) is 4. The lowest BCUT2D eigenvalue weighted by atomic mass is 9.88. The van der Waals surface area contributed by atoms with Gasteiger partial charge in [0, 0.05) is 25.7 Å². The van der Waals surface area contributed by atoms with Gasteiger partial charge in [0.2, 0.25) is 0 Å². The fourth-order valence-corrected chi connectivity index (χ4v) is 5.82. The van der Waals surface area contributed by atoms with Gasteiger partial charge in [-0.1, -0.05) is 67.6 Å². The molecule has 2 aromatic carbocycles. The number of anilines is 1. The first-order valence-electron chi connectivity index (χ1n) is 15.1. The number of carboxylic acid groups (broad SMARTS) is 1. The summed E-state index contributed by atoms with van der Waals surface area (Å²) in [5.74, 6) is -0.897. The van der Waals surface area contributed by atoms with Crippen LogP contribution in [0, 0.1) is 6.92 Å². The van der Waals surface area contributed by atoms with Gasteiger partial charge in [0.25, 0.3) is 0 Å². The number of hydrogen-bond acceptors (Lipinski definition) is 6. The van der Waals surface area contributed by atoms with Crippen LogP contribution in [0.25, 0.3) is 5.65 Å². The van der Waals surface area contributed by atoms with Crippen molar-refractivity contribution in [1.29, 1.82) is 0 Å². The second kappa shape index (κ2) is 13.0. The topological polar surface area (TPSA) is 92.0 Å². The molecule has 2 aromatic heterocycles. The molecule has 2 N–H and O–H groups in total. The van der Waals surface area contributed by atoms with E-state index in [1.807, 2.05) is 25.1 Å². The largest absolute Gasteiger partial charge is 0.481 e. The number of aromatic nitrogens is 3. The van der Waals surface area contributed by atoms with E-state index >= 15 is 0 Å². The van der Waals surface area contributed by atoms with Crippen molar-refractivity contribution in [3.63, 3.8) is 0 Å². The molecule has 0 aliphatic carbocycles. The van der Waals surface area contributed by atoms with Crippen molar-refractivity contribution in [2.24, 2.45) is 0 Å². The molecule has 5 rings (SSSR count). The SMILES string of the molecule is CCc1nn2c(C)c(C(C)(C)C(=O)O)nc2cc1NCCCN1CCC(OC(c2ccccc2)c2ccccc2)CC1. The van der Waals surface area contributed by atoms with Crippen molar-refractivity contribution in [2.75, 3.05) is 31.5 Å². The third kappa shape index (κ3) is 6.50. The Morgan fingerprint density at radius 2 is 1.69 bits per heavy atom. The number of piperidine rings is 1. The van der Waals surface area contributed by atoms with E-state index in [0.717, 1.165) is 68.9 Å². The van der Waals surface area contributed by atoms with E-state index in [2.05, 4.69) is 70.7 Å². The van der Waals surface area contributed by atoms with Crippen LogP contribution < -0.4 is 5.32 Å². The summed E-state index contributed by atoms with van der Waals surface area (Å²) < 4.78 is 8.49. The Morgan fingerprint density at radius 1 is 1.07 bits per heavy atom. The van der Waals surface area contributed by atoms with Gasteiger partial charge in [0.15, 0.2) is 5.65 Å². The fraction of sp³-hybridized carbons (Fsp3) is 0.441. The molecule has 0 saturated carbocycles. The lowest BCUT2D eigenvalue weighted by Gasteiger charge is -2.34. The van der Waals surface area contributed by atoms with Crippen LogP contribution in [0.5, 0.6) is 0 Å². The Kier molecular flexibility index (Phi) is 9.24. The molecule has 222 valence electrons. The van der Waals surface area contributed by atoms with Gasteiger partial charge in [0.1, 0.15) is 11.5 Å². The first-order chi connectivity index (χ1) is 20.3. The minimum Gasteiger partial charge on any atom is -0.481 e. The van der Waals surface area contributed by atoms with Crippen LogP contribution in [-0.2, 0) is 21.4 Å². The normalized spacial score (nSPS) is 15.0. The van der Waals surface area contributed by atoms with Gasteiger partial charge in [-0.25, -0.2) is 9.50 Å². The van der Waals surface area contributed by atoms with E-state index in [4.69, 9.17) is 9.84 Å². The average molecular weight is 570 g/mol. The summed E-state index contributed by atoms with van der Waals surface area (Å²) in [6.45, 7) is 11.3. The monoisotopic (exact) mass is 569 g/mol. The maximum Gasteiger partial charge on any atom is 0.315 e. The summed E-state index contributed by atoms with van der Waals surface area (Å²) in [6.07, 6.45) is 4.03. The number of carbonyl (C=O) groups is 1. The van der Waals surface area contributed by atoms with Crippen molar-refractivity contribution in [2.45, 2.75) is 71.0 Å². The predicted molar refractivity (Wildman–Crippen MR) is 166 cm³/mol. The zero-order chi connectivity index (χ0) is 29.7. The van der Waals surface area contributed by atoms with Crippen molar-refractivity contribution >= 4 is 17.3 Å². The average Bonchev–Trinajstić information content (AvgIpc) is 3.34. The molecule has 1 fully saturated rings. The highest BCUT2D eigenvalue weighted by Gasteiger charge is 2.35. The Labute approximate surface area is 248 Å². The minimum absolute atomic E-state index is 0.0444. The number of fused-ring (bicyclic) bond motifs is 1. The number of rotatable bonds is 12. The Bertz CT molecular complexity index is 1440. The van der Waals surface area contributed by atoms with Gasteiger partial charge >= 0.3 is 5.97 Å². The van der Waals surface area contributed by atoms with Crippen LogP contribution in [-0.4, -0.2) is 62.9 Å². The zero-order valence-corrected chi connectivity index (χ0v) is 25.2. The van der Waals surface area contributed by atoms with Gasteiger partial charge in [-0.2, -0.15) is 5.10 Å². The highest BCUT2D eigenvalue weighted by Crippen LogP contribution is 2.30. The molecule has 42 heavy (non-hydrogen) atoms. The molecule has 3 heterocycles. The third-order valence-corrected chi connectivity index (χ3v) is 8.40. The molecule has 0 unspecified atom stereocenters. The number of carboxylic acids is 1. The van der Waals surface area contributed by atoms with Crippen LogP contribution in [0.15, 0.2) is 66.7 Å². The van der Waals surface area contributed by atoms with E-state index in [-0.39, 0.29) is 12.2 Å². The highest BCUT2D eigenvalue weighted by atomic mass is 16.5. The number of benzene rings is 2. The summed E-state index contributed by atoms with van der Waals surface area (Å²) in [6, 6.07) is 23.0. The Morgan fingerprint density at radius 3 is 2.26 bits per heavy atom. The Balaban J connectivity index is 1.14. The first-order valence-corrected chi connectivity index (χ1v) is 15.1. The predicted octanol–water partition coefficient (Wildman–Crippen LogP) is 6.03. The molecule has 0 atom stereocenters. The minimum atomic E-state index is -1.08. The first kappa shape index (κ1) is 29.7. The van der Waals surface area contributed by atoms with Crippen LogP contribution in [0.1, 0.15) is 74.3 Å². The van der Waals surface area contributed by atoms with Crippen LogP contribution in [0.3, 0.4) is 0 Å². The summed E-state index contributed by atoms with van der Waals surface area (Å²) in [7, 11) is 0. The molecule has 0 bridgehead atoms. The molecule has 8 nitrogen and oxygen atoms in total. The van der Waals surface area contributed by atoms with Crippen LogP contribution >= 0.6 is 0 Å². The van der Waals surface area contributed by atoms with E-state index in [1.54, 1.807) is 18.4 Å². The summed E-state index contributed by atoms with van der Waals surface area (Å²) in [4.78, 5) is 19.0.